The summed E-state index contributed by atoms with van der Waals surface area (Å²) in [5, 5.41) is 10.6. The molecule has 3 N–H and O–H groups in total. The van der Waals surface area contributed by atoms with Crippen molar-refractivity contribution in [1.82, 2.24) is 30.1 Å². The van der Waals surface area contributed by atoms with Crippen molar-refractivity contribution >= 4 is 79.9 Å². The van der Waals surface area contributed by atoms with Crippen LogP contribution in [0.5, 0.6) is 5.75 Å². The summed E-state index contributed by atoms with van der Waals surface area (Å²) in [5.74, 6) is -1.95. The number of halogens is 3. The number of aromatic nitrogens is 3. The summed E-state index contributed by atoms with van der Waals surface area (Å²) in [5.41, 5.74) is 5.77. The molecule has 0 spiro atoms. The average Bonchev–Trinajstić information content (AvgIpc) is 3.27. The number of hydrogen-bond donors (Lipinski definition) is 3. The molecule has 3 aliphatic heterocycles. The number of nitrogens with one attached hydrogen (secondary N) is 3. The quantitative estimate of drug-likeness (QED) is 0.0777. The first-order valence-electron chi connectivity index (χ1n) is 21.9. The van der Waals surface area contributed by atoms with Gasteiger partial charge in [-0.15, -0.1) is 0 Å². The minimum atomic E-state index is -2.74. The van der Waals surface area contributed by atoms with Gasteiger partial charge in [-0.3, -0.25) is 24.8 Å². The number of ether oxygens (including phenoxy) is 1. The van der Waals surface area contributed by atoms with Gasteiger partial charge < -0.3 is 29.7 Å². The van der Waals surface area contributed by atoms with E-state index in [1.54, 1.807) is 26.6 Å². The van der Waals surface area contributed by atoms with Crippen molar-refractivity contribution < 1.29 is 27.7 Å². The van der Waals surface area contributed by atoms with Crippen LogP contribution in [0, 0.1) is 18.6 Å². The number of methoxy groups -OCH3 is 1. The maximum absolute atomic E-state index is 15.1. The lowest BCUT2D eigenvalue weighted by Crippen LogP contribution is -2.53. The summed E-state index contributed by atoms with van der Waals surface area (Å²) in [6, 6.07) is 15.1. The predicted octanol–water partition coefficient (Wildman–Crippen LogP) is 8.03. The van der Waals surface area contributed by atoms with Crippen LogP contribution in [0.3, 0.4) is 0 Å². The Morgan fingerprint density at radius 2 is 1.66 bits per heavy atom. The third-order valence-corrected chi connectivity index (χ3v) is 14.9. The molecular formula is C47H55BrF2N9O4P. The van der Waals surface area contributed by atoms with Crippen LogP contribution in [0.25, 0.3) is 10.9 Å². The summed E-state index contributed by atoms with van der Waals surface area (Å²) in [6.07, 6.45) is 5.24. The van der Waals surface area contributed by atoms with E-state index in [-0.39, 0.29) is 18.4 Å². The largest absolute Gasteiger partial charge is 0.494 e. The summed E-state index contributed by atoms with van der Waals surface area (Å²) < 4.78 is 50.4. The van der Waals surface area contributed by atoms with Gasteiger partial charge >= 0.3 is 0 Å². The Hall–Kier alpha value is -5.02. The molecular weight excluding hydrogens is 903 g/mol. The van der Waals surface area contributed by atoms with Crippen LogP contribution < -0.4 is 30.9 Å². The second-order valence-corrected chi connectivity index (χ2v) is 21.3. The smallest absolute Gasteiger partial charge is 0.234 e. The number of pyridine rings is 1. The molecule has 5 heterocycles. The summed E-state index contributed by atoms with van der Waals surface area (Å²) in [6.45, 7) is 13.8. The van der Waals surface area contributed by atoms with Crippen LogP contribution in [0.4, 0.5) is 37.6 Å². The van der Waals surface area contributed by atoms with Crippen molar-refractivity contribution in [2.24, 2.45) is 0 Å². The molecule has 2 aromatic heterocycles. The number of imide groups is 1. The Morgan fingerprint density at radius 3 is 2.33 bits per heavy atom. The Bertz CT molecular complexity index is 2610. The number of piperidine rings is 2. The van der Waals surface area contributed by atoms with E-state index in [4.69, 9.17) is 9.72 Å². The van der Waals surface area contributed by atoms with E-state index in [2.05, 4.69) is 75.6 Å². The number of fused-ring (bicyclic) bond motifs is 1. The molecule has 3 fully saturated rings. The van der Waals surface area contributed by atoms with Crippen molar-refractivity contribution in [3.63, 3.8) is 0 Å². The van der Waals surface area contributed by atoms with Gasteiger partial charge in [0.05, 0.1) is 34.4 Å². The molecule has 0 aliphatic carbocycles. The first-order chi connectivity index (χ1) is 30.7. The Labute approximate surface area is 381 Å². The third-order valence-electron chi connectivity index (χ3n) is 12.7. The molecule has 0 radical (unpaired) electrons. The van der Waals surface area contributed by atoms with Gasteiger partial charge in [0.2, 0.25) is 17.8 Å². The Kier molecular flexibility index (Phi) is 13.7. The first kappa shape index (κ1) is 45.5. The second kappa shape index (κ2) is 19.2. The maximum Gasteiger partial charge on any atom is 0.234 e. The summed E-state index contributed by atoms with van der Waals surface area (Å²) in [7, 11) is -1.07. The molecule has 2 amide bonds. The Balaban J connectivity index is 0.872. The predicted molar refractivity (Wildman–Crippen MR) is 253 cm³/mol. The normalized spacial score (nSPS) is 18.1. The van der Waals surface area contributed by atoms with Crippen LogP contribution in [-0.2, 0) is 27.0 Å². The summed E-state index contributed by atoms with van der Waals surface area (Å²) >= 11 is 3.61. The number of aryl methyl sites for hydroxylation is 2. The highest BCUT2D eigenvalue weighted by Crippen LogP contribution is 2.42. The van der Waals surface area contributed by atoms with Crippen molar-refractivity contribution in [2.45, 2.75) is 64.3 Å². The van der Waals surface area contributed by atoms with Crippen molar-refractivity contribution in [2.75, 3.05) is 81.8 Å². The number of piperazine rings is 1. The van der Waals surface area contributed by atoms with Gasteiger partial charge in [-0.05, 0) is 116 Å². The summed E-state index contributed by atoms with van der Waals surface area (Å²) in [4.78, 5) is 45.2. The van der Waals surface area contributed by atoms with Crippen LogP contribution >= 0.6 is 23.1 Å². The molecule has 3 aromatic carbocycles. The van der Waals surface area contributed by atoms with Gasteiger partial charge in [0.15, 0.2) is 0 Å². The van der Waals surface area contributed by atoms with Gasteiger partial charge in [-0.1, -0.05) is 13.0 Å². The van der Waals surface area contributed by atoms with Crippen molar-refractivity contribution in [3.8, 4) is 5.75 Å². The molecule has 8 rings (SSSR count). The lowest BCUT2D eigenvalue weighted by molar-refractivity contribution is -0.134. The topological polar surface area (TPSA) is 145 Å². The fourth-order valence-corrected chi connectivity index (χ4v) is 11.2. The van der Waals surface area contributed by atoms with Crippen LogP contribution in [0.15, 0.2) is 59.2 Å². The van der Waals surface area contributed by atoms with E-state index in [0.29, 0.717) is 52.2 Å². The van der Waals surface area contributed by atoms with Gasteiger partial charge in [-0.25, -0.2) is 13.8 Å². The number of benzene rings is 3. The number of hydrogen-bond acceptors (Lipinski definition) is 12. The van der Waals surface area contributed by atoms with E-state index in [1.165, 1.54) is 17.7 Å². The lowest BCUT2D eigenvalue weighted by Gasteiger charge is -2.43. The molecule has 0 saturated carbocycles. The number of anilines is 5. The van der Waals surface area contributed by atoms with Gasteiger partial charge in [0.1, 0.15) is 30.3 Å². The van der Waals surface area contributed by atoms with Gasteiger partial charge in [-0.2, -0.15) is 4.98 Å². The minimum Gasteiger partial charge on any atom is -0.494 e. The fourth-order valence-electron chi connectivity index (χ4n) is 9.39. The molecule has 3 saturated heterocycles. The highest BCUT2D eigenvalue weighted by atomic mass is 79.9. The van der Waals surface area contributed by atoms with E-state index in [9.17, 15) is 14.2 Å². The SMILES string of the molecule is CCc1cc(Nc2ncc(Br)c(Nc3ccc4nc(C)ccc4c3P(C)(C)=O)n2)c(OC)cc1N1CCC(N2CCN(CCc3cc(F)c(C4CCC(=O)NC4=O)c(F)c3)CC2)CC1. The fraction of sp³-hybridized carbons (Fsp3) is 0.426. The van der Waals surface area contributed by atoms with Gasteiger partial charge in [0.25, 0.3) is 0 Å². The van der Waals surface area contributed by atoms with E-state index >= 15 is 8.78 Å². The standard InChI is InChI=1S/C47H55BrF2N9O4P/c1-6-30-25-39(54-47-51-27-34(48)45(56-47)53-38-11-10-37-32(8-7-28(2)52-37)44(38)64(4,5)62)41(63-3)26-40(30)59-17-14-31(15-18-59)58-21-19-57(20-22-58)16-13-29-23-35(49)43(36(50)24-29)33-9-12-42(60)55-46(33)61/h7-8,10-11,23-27,31,33H,6,9,12-22H2,1-5H3,(H,55,60,61)(H2,51,53,54,56). The molecule has 1 unspecified atom stereocenters. The van der Waals surface area contributed by atoms with Gasteiger partial charge in [0, 0.05) is 98.2 Å². The van der Waals surface area contributed by atoms with E-state index < -0.39 is 36.5 Å². The van der Waals surface area contributed by atoms with Crippen LogP contribution in [0.2, 0.25) is 0 Å². The molecule has 3 aliphatic rings. The number of amides is 2. The second-order valence-electron chi connectivity index (χ2n) is 17.3. The molecule has 338 valence electrons. The van der Waals surface area contributed by atoms with E-state index in [1.807, 2.05) is 31.2 Å². The molecule has 5 aromatic rings. The number of nitrogens with zero attached hydrogens (tertiary/aromatic N) is 6. The molecule has 0 bridgehead atoms. The zero-order valence-corrected chi connectivity index (χ0v) is 39.4. The zero-order valence-electron chi connectivity index (χ0n) is 36.9. The highest BCUT2D eigenvalue weighted by Gasteiger charge is 2.33. The van der Waals surface area contributed by atoms with Crippen molar-refractivity contribution in [3.05, 3.63) is 93.2 Å². The van der Waals surface area contributed by atoms with Crippen LogP contribution in [0.1, 0.15) is 60.9 Å². The number of carbonyl (C=O) groups is 2. The maximum atomic E-state index is 15.1. The molecule has 13 nitrogen and oxygen atoms in total. The molecule has 64 heavy (non-hydrogen) atoms. The molecule has 17 heteroatoms. The third kappa shape index (κ3) is 9.95. The molecule has 1 atom stereocenters. The first-order valence-corrected chi connectivity index (χ1v) is 25.3. The van der Waals surface area contributed by atoms with Crippen LogP contribution in [-0.4, -0.2) is 109 Å². The highest BCUT2D eigenvalue weighted by molar-refractivity contribution is 9.10. The zero-order chi connectivity index (χ0) is 45.3. The number of rotatable bonds is 13. The minimum absolute atomic E-state index is 0.0644. The van der Waals surface area contributed by atoms with E-state index in [0.717, 1.165) is 91.8 Å². The Morgan fingerprint density at radius 1 is 0.922 bits per heavy atom. The monoisotopic (exact) mass is 957 g/mol. The van der Waals surface area contributed by atoms with Crippen molar-refractivity contribution in [1.29, 1.82) is 0 Å². The number of carbonyl (C=O) groups excluding carboxylic acids is 2. The average molecular weight is 959 g/mol. The lowest BCUT2D eigenvalue weighted by atomic mass is 9.89.